The molecule has 6 nitrogen and oxygen atoms in total. The first-order valence-electron chi connectivity index (χ1n) is 9.39. The molecule has 1 N–H and O–H groups in total. The molecule has 30 heavy (non-hydrogen) atoms. The zero-order chi connectivity index (χ0) is 21.2. The highest BCUT2D eigenvalue weighted by molar-refractivity contribution is 5.78. The summed E-state index contributed by atoms with van der Waals surface area (Å²) in [6.07, 6.45) is 11.6. The van der Waals surface area contributed by atoms with E-state index >= 15 is 0 Å². The summed E-state index contributed by atoms with van der Waals surface area (Å²) in [5, 5.41) is 15.3. The van der Waals surface area contributed by atoms with Crippen LogP contribution in [0.5, 0.6) is 0 Å². The van der Waals surface area contributed by atoms with Crippen LogP contribution in [0.3, 0.4) is 0 Å². The van der Waals surface area contributed by atoms with Crippen LogP contribution < -0.4 is 9.13 Å². The number of rotatable bonds is 9. The maximum atomic E-state index is 13.5. The topological polar surface area (TPSA) is 61.9 Å². The lowest BCUT2D eigenvalue weighted by atomic mass is 10.2. The van der Waals surface area contributed by atoms with E-state index < -0.39 is 11.6 Å². The fourth-order valence-corrected chi connectivity index (χ4v) is 2.78. The van der Waals surface area contributed by atoms with E-state index in [1.54, 1.807) is 0 Å². The van der Waals surface area contributed by atoms with Crippen molar-refractivity contribution >= 4 is 12.4 Å². The van der Waals surface area contributed by atoms with Gasteiger partial charge in [0.05, 0.1) is 24.4 Å². The Labute approximate surface area is 173 Å². The monoisotopic (exact) mass is 412 g/mol. The highest BCUT2D eigenvalue weighted by Crippen LogP contribution is 2.13. The molecule has 3 aromatic rings. The molecule has 1 aromatic carbocycles. The Bertz CT molecular complexity index is 986. The van der Waals surface area contributed by atoms with Crippen molar-refractivity contribution in [2.24, 2.45) is 10.3 Å². The van der Waals surface area contributed by atoms with Crippen LogP contribution in [0.2, 0.25) is 0 Å². The van der Waals surface area contributed by atoms with Gasteiger partial charge in [-0.3, -0.25) is 0 Å². The predicted octanol–water partition coefficient (Wildman–Crippen LogP) is 2.99. The van der Waals surface area contributed by atoms with Crippen molar-refractivity contribution in [1.29, 1.82) is 0 Å². The Balaban J connectivity index is 1.43. The van der Waals surface area contributed by atoms with Crippen LogP contribution in [0.15, 0.2) is 77.6 Å². The van der Waals surface area contributed by atoms with Gasteiger partial charge in [0.2, 0.25) is 0 Å². The van der Waals surface area contributed by atoms with E-state index in [2.05, 4.69) is 19.4 Å². The molecule has 0 amide bonds. The summed E-state index contributed by atoms with van der Waals surface area (Å²) in [5.74, 6) is -1.31. The van der Waals surface area contributed by atoms with Crippen LogP contribution in [0.25, 0.3) is 0 Å². The van der Waals surface area contributed by atoms with E-state index in [4.69, 9.17) is 10.0 Å². The Morgan fingerprint density at radius 1 is 0.833 bits per heavy atom. The van der Waals surface area contributed by atoms with Crippen molar-refractivity contribution in [2.45, 2.75) is 26.1 Å². The van der Waals surface area contributed by atoms with Crippen LogP contribution in [0, 0.1) is 11.6 Å². The lowest BCUT2D eigenvalue weighted by molar-refractivity contribution is -0.726. The largest absolute Gasteiger partial charge is 0.411 e. The molecule has 0 radical (unpaired) electrons. The minimum absolute atomic E-state index is 0.144. The average Bonchev–Trinajstić information content (AvgIpc) is 2.75. The van der Waals surface area contributed by atoms with Crippen molar-refractivity contribution in [1.82, 2.24) is 0 Å². The number of oxime groups is 2. The molecule has 0 spiro atoms. The number of nitrogens with zero attached hydrogens (tertiary/aromatic N) is 4. The number of hydrogen-bond donors (Lipinski definition) is 1. The van der Waals surface area contributed by atoms with Gasteiger partial charge in [-0.15, -0.1) is 0 Å². The molecule has 0 aliphatic rings. The van der Waals surface area contributed by atoms with Crippen molar-refractivity contribution in [3.63, 3.8) is 0 Å². The second-order valence-corrected chi connectivity index (χ2v) is 6.54. The van der Waals surface area contributed by atoms with Gasteiger partial charge in [0.15, 0.2) is 37.9 Å². The molecule has 154 valence electrons. The van der Waals surface area contributed by atoms with E-state index in [1.807, 2.05) is 49.1 Å². The van der Waals surface area contributed by atoms with Crippen LogP contribution in [0.1, 0.15) is 23.1 Å². The summed E-state index contributed by atoms with van der Waals surface area (Å²) in [5.41, 5.74) is 1.51. The smallest absolute Gasteiger partial charge is 0.169 e. The third-order valence-corrected chi connectivity index (χ3v) is 4.42. The Hall–Kier alpha value is -3.68. The molecule has 0 saturated heterocycles. The molecule has 2 aromatic heterocycles. The summed E-state index contributed by atoms with van der Waals surface area (Å²) in [6, 6.07) is 11.2. The Morgan fingerprint density at radius 2 is 1.37 bits per heavy atom. The van der Waals surface area contributed by atoms with Gasteiger partial charge < -0.3 is 10.0 Å². The summed E-state index contributed by atoms with van der Waals surface area (Å²) >= 11 is 0. The zero-order valence-electron chi connectivity index (χ0n) is 16.2. The van der Waals surface area contributed by atoms with Crippen molar-refractivity contribution in [3.8, 4) is 0 Å². The van der Waals surface area contributed by atoms with E-state index in [0.29, 0.717) is 0 Å². The van der Waals surface area contributed by atoms with Gasteiger partial charge >= 0.3 is 0 Å². The second kappa shape index (κ2) is 10.8. The van der Waals surface area contributed by atoms with Gasteiger partial charge in [0.1, 0.15) is 18.2 Å². The highest BCUT2D eigenvalue weighted by atomic mass is 19.1. The van der Waals surface area contributed by atoms with Crippen molar-refractivity contribution in [2.75, 3.05) is 0 Å². The van der Waals surface area contributed by atoms with Gasteiger partial charge in [0.25, 0.3) is 0 Å². The number of aryl methyl sites for hydroxylation is 2. The third-order valence-electron chi connectivity index (χ3n) is 4.42. The van der Waals surface area contributed by atoms with Crippen molar-refractivity contribution in [3.05, 3.63) is 95.6 Å². The van der Waals surface area contributed by atoms with Gasteiger partial charge in [-0.25, -0.2) is 17.9 Å². The molecule has 0 saturated carbocycles. The SMILES string of the molecule is ON=Cc1cc[n+](CCC[n+]2ccc(/C=N\OCc3c(F)cccc3F)cc2)cc1. The maximum Gasteiger partial charge on any atom is 0.169 e. The molecular weight excluding hydrogens is 390 g/mol. The summed E-state index contributed by atoms with van der Waals surface area (Å²) in [6.45, 7) is 1.42. The van der Waals surface area contributed by atoms with Gasteiger partial charge in [-0.05, 0) is 12.1 Å². The van der Waals surface area contributed by atoms with E-state index in [0.717, 1.165) is 30.6 Å². The van der Waals surface area contributed by atoms with Crippen LogP contribution >= 0.6 is 0 Å². The zero-order valence-corrected chi connectivity index (χ0v) is 16.2. The van der Waals surface area contributed by atoms with E-state index in [1.165, 1.54) is 30.6 Å². The molecule has 8 heteroatoms. The van der Waals surface area contributed by atoms with Crippen LogP contribution in [0.4, 0.5) is 8.78 Å². The Morgan fingerprint density at radius 3 is 1.90 bits per heavy atom. The number of hydrogen-bond acceptors (Lipinski definition) is 4. The number of aromatic nitrogens is 2. The minimum atomic E-state index is -0.654. The fraction of sp³-hybridized carbons (Fsp3) is 0.182. The molecule has 0 fully saturated rings. The van der Waals surface area contributed by atoms with Crippen LogP contribution in [-0.4, -0.2) is 17.6 Å². The third kappa shape index (κ3) is 6.16. The standard InChI is InChI=1S/C22H21F2N4O2/c23-21-3-1-4-22(24)20(21)17-30-26-16-19-7-13-28(14-8-19)10-2-9-27-11-5-18(6-12-27)15-25-29/h1,3-8,11-16H,2,9-10,17H2/q+1/p+1/b26-16-. The van der Waals surface area contributed by atoms with E-state index in [9.17, 15) is 8.78 Å². The van der Waals surface area contributed by atoms with E-state index in [-0.39, 0.29) is 12.2 Å². The predicted molar refractivity (Wildman–Crippen MR) is 106 cm³/mol. The number of halogens is 2. The summed E-state index contributed by atoms with van der Waals surface area (Å²) in [4.78, 5) is 5.01. The minimum Gasteiger partial charge on any atom is -0.411 e. The lowest BCUT2D eigenvalue weighted by Gasteiger charge is -2.02. The molecule has 2 heterocycles. The van der Waals surface area contributed by atoms with Gasteiger partial charge in [0, 0.05) is 35.4 Å². The summed E-state index contributed by atoms with van der Waals surface area (Å²) < 4.78 is 31.1. The fourth-order valence-electron chi connectivity index (χ4n) is 2.78. The molecule has 0 unspecified atom stereocenters. The lowest BCUT2D eigenvalue weighted by Crippen LogP contribution is -2.38. The maximum absolute atomic E-state index is 13.5. The quantitative estimate of drug-likeness (QED) is 0.254. The molecule has 0 atom stereocenters. The second-order valence-electron chi connectivity index (χ2n) is 6.54. The molecule has 0 aliphatic carbocycles. The highest BCUT2D eigenvalue weighted by Gasteiger charge is 2.08. The first kappa shape index (κ1) is 21.0. The number of benzene rings is 1. The molecular formula is C22H22F2N4O2+2. The van der Waals surface area contributed by atoms with Gasteiger partial charge in [-0.2, -0.15) is 0 Å². The molecule has 3 rings (SSSR count). The summed E-state index contributed by atoms with van der Waals surface area (Å²) in [7, 11) is 0. The first-order valence-corrected chi connectivity index (χ1v) is 9.39. The molecule has 0 bridgehead atoms. The molecule has 0 aliphatic heterocycles. The van der Waals surface area contributed by atoms with Crippen LogP contribution in [-0.2, 0) is 24.5 Å². The average molecular weight is 412 g/mol. The first-order chi connectivity index (χ1) is 14.7. The normalized spacial score (nSPS) is 11.4. The Kier molecular flexibility index (Phi) is 7.54. The number of pyridine rings is 2. The van der Waals surface area contributed by atoms with Gasteiger partial charge in [-0.1, -0.05) is 16.4 Å². The van der Waals surface area contributed by atoms with Crippen molar-refractivity contribution < 1.29 is 28.0 Å².